The van der Waals surface area contributed by atoms with Crippen LogP contribution >= 0.6 is 0 Å². The van der Waals surface area contributed by atoms with Crippen molar-refractivity contribution in [3.05, 3.63) is 30.1 Å². The molecule has 19 heavy (non-hydrogen) atoms. The Labute approximate surface area is 111 Å². The first-order valence-electron chi connectivity index (χ1n) is 6.43. The van der Waals surface area contributed by atoms with Crippen molar-refractivity contribution in [2.24, 2.45) is 11.3 Å². The minimum Gasteiger partial charge on any atom is -0.476 e. The summed E-state index contributed by atoms with van der Waals surface area (Å²) >= 11 is 0. The monoisotopic (exact) mass is 259 g/mol. The van der Waals surface area contributed by atoms with Crippen molar-refractivity contribution >= 4 is 17.4 Å². The number of carboxylic acids is 1. The van der Waals surface area contributed by atoms with E-state index >= 15 is 0 Å². The van der Waals surface area contributed by atoms with E-state index in [1.54, 1.807) is 22.7 Å². The standard InChI is InChI=1S/C14H17N3O2/c1-14(2)7-9(14)8-15-12-11(13(18)19)17-6-4-3-5-10(17)16-12/h3-6,9,15H,7-8H2,1-2H3,(H,18,19). The van der Waals surface area contributed by atoms with Crippen molar-refractivity contribution in [2.45, 2.75) is 20.3 Å². The number of hydrogen-bond donors (Lipinski definition) is 2. The fraction of sp³-hybridized carbons (Fsp3) is 0.429. The minimum atomic E-state index is -0.962. The zero-order valence-corrected chi connectivity index (χ0v) is 11.1. The zero-order chi connectivity index (χ0) is 13.6. The quantitative estimate of drug-likeness (QED) is 0.885. The van der Waals surface area contributed by atoms with Crippen LogP contribution in [0, 0.1) is 11.3 Å². The van der Waals surface area contributed by atoms with E-state index in [-0.39, 0.29) is 5.69 Å². The molecule has 2 heterocycles. The molecule has 0 aliphatic heterocycles. The molecule has 0 aromatic carbocycles. The maximum Gasteiger partial charge on any atom is 0.356 e. The number of aromatic nitrogens is 2. The highest BCUT2D eigenvalue weighted by Gasteiger charge is 2.45. The Hall–Kier alpha value is -2.04. The fourth-order valence-electron chi connectivity index (χ4n) is 2.47. The van der Waals surface area contributed by atoms with Crippen LogP contribution in [0.4, 0.5) is 5.82 Å². The molecule has 1 unspecified atom stereocenters. The summed E-state index contributed by atoms with van der Waals surface area (Å²) in [6, 6.07) is 5.45. The molecule has 0 spiro atoms. The molecule has 0 radical (unpaired) electrons. The molecule has 0 amide bonds. The smallest absolute Gasteiger partial charge is 0.356 e. The van der Waals surface area contributed by atoms with Crippen LogP contribution in [0.15, 0.2) is 24.4 Å². The Kier molecular flexibility index (Phi) is 2.52. The van der Waals surface area contributed by atoms with Crippen LogP contribution in [0.25, 0.3) is 5.65 Å². The lowest BCUT2D eigenvalue weighted by Crippen LogP contribution is -2.11. The number of fused-ring (bicyclic) bond motifs is 1. The number of carboxylic acid groups (broad SMARTS) is 1. The number of aromatic carboxylic acids is 1. The molecular weight excluding hydrogens is 242 g/mol. The molecule has 1 fully saturated rings. The second kappa shape index (κ2) is 3.98. The largest absolute Gasteiger partial charge is 0.476 e. The fourth-order valence-corrected chi connectivity index (χ4v) is 2.47. The highest BCUT2D eigenvalue weighted by Crippen LogP contribution is 2.51. The van der Waals surface area contributed by atoms with Gasteiger partial charge < -0.3 is 10.4 Å². The number of pyridine rings is 1. The second-order valence-electron chi connectivity index (χ2n) is 5.81. The number of rotatable bonds is 4. The lowest BCUT2D eigenvalue weighted by molar-refractivity contribution is 0.0690. The molecule has 1 aliphatic rings. The van der Waals surface area contributed by atoms with Gasteiger partial charge in [-0.25, -0.2) is 9.78 Å². The van der Waals surface area contributed by atoms with Gasteiger partial charge in [-0.05, 0) is 29.9 Å². The summed E-state index contributed by atoms with van der Waals surface area (Å²) in [5, 5.41) is 12.5. The Balaban J connectivity index is 1.90. The van der Waals surface area contributed by atoms with Crippen LogP contribution in [-0.2, 0) is 0 Å². The number of carbonyl (C=O) groups is 1. The number of nitrogens with zero attached hydrogens (tertiary/aromatic N) is 2. The SMILES string of the molecule is CC1(C)CC1CNc1nc2ccccn2c1C(=O)O. The summed E-state index contributed by atoms with van der Waals surface area (Å²) in [5.41, 5.74) is 1.22. The van der Waals surface area contributed by atoms with Gasteiger partial charge in [-0.15, -0.1) is 0 Å². The van der Waals surface area contributed by atoms with Crippen molar-refractivity contribution in [3.8, 4) is 0 Å². The lowest BCUT2D eigenvalue weighted by atomic mass is 10.1. The maximum absolute atomic E-state index is 11.4. The molecule has 2 N–H and O–H groups in total. The van der Waals surface area contributed by atoms with E-state index in [0.29, 0.717) is 22.8 Å². The molecule has 1 atom stereocenters. The molecular formula is C14H17N3O2. The van der Waals surface area contributed by atoms with E-state index < -0.39 is 5.97 Å². The molecule has 2 aromatic heterocycles. The van der Waals surface area contributed by atoms with Crippen molar-refractivity contribution < 1.29 is 9.90 Å². The third kappa shape index (κ3) is 2.05. The van der Waals surface area contributed by atoms with Gasteiger partial charge in [-0.3, -0.25) is 4.40 Å². The van der Waals surface area contributed by atoms with Gasteiger partial charge in [0.25, 0.3) is 0 Å². The van der Waals surface area contributed by atoms with Gasteiger partial charge in [0, 0.05) is 12.7 Å². The van der Waals surface area contributed by atoms with Gasteiger partial charge in [-0.1, -0.05) is 19.9 Å². The first-order valence-corrected chi connectivity index (χ1v) is 6.43. The van der Waals surface area contributed by atoms with Gasteiger partial charge in [0.1, 0.15) is 5.65 Å². The minimum absolute atomic E-state index is 0.203. The van der Waals surface area contributed by atoms with E-state index in [0.717, 1.165) is 6.54 Å². The molecule has 1 saturated carbocycles. The molecule has 5 heteroatoms. The third-order valence-electron chi connectivity index (χ3n) is 3.97. The normalized spacial score (nSPS) is 20.4. The lowest BCUT2D eigenvalue weighted by Gasteiger charge is -2.06. The van der Waals surface area contributed by atoms with Crippen LogP contribution in [0.3, 0.4) is 0 Å². The summed E-state index contributed by atoms with van der Waals surface area (Å²) in [6.45, 7) is 5.22. The van der Waals surface area contributed by atoms with Gasteiger partial charge in [0.15, 0.2) is 11.5 Å². The van der Waals surface area contributed by atoms with Crippen molar-refractivity contribution in [1.82, 2.24) is 9.38 Å². The summed E-state index contributed by atoms with van der Waals surface area (Å²) in [7, 11) is 0. The first-order chi connectivity index (χ1) is 8.99. The van der Waals surface area contributed by atoms with E-state index in [1.165, 1.54) is 6.42 Å². The Morgan fingerprint density at radius 1 is 1.58 bits per heavy atom. The topological polar surface area (TPSA) is 66.6 Å². The summed E-state index contributed by atoms with van der Waals surface area (Å²) in [5.74, 6) is 0.0941. The van der Waals surface area contributed by atoms with E-state index in [1.807, 2.05) is 6.07 Å². The molecule has 5 nitrogen and oxygen atoms in total. The van der Waals surface area contributed by atoms with Crippen molar-refractivity contribution in [3.63, 3.8) is 0 Å². The third-order valence-corrected chi connectivity index (χ3v) is 3.97. The molecule has 100 valence electrons. The van der Waals surface area contributed by atoms with Crippen LogP contribution in [-0.4, -0.2) is 27.0 Å². The average molecular weight is 259 g/mol. The molecule has 1 aliphatic carbocycles. The van der Waals surface area contributed by atoms with Crippen molar-refractivity contribution in [1.29, 1.82) is 0 Å². The van der Waals surface area contributed by atoms with Gasteiger partial charge >= 0.3 is 5.97 Å². The van der Waals surface area contributed by atoms with Gasteiger partial charge in [0.2, 0.25) is 0 Å². The summed E-state index contributed by atoms with van der Waals surface area (Å²) in [4.78, 5) is 15.7. The molecule has 2 aromatic rings. The van der Waals surface area contributed by atoms with E-state index in [4.69, 9.17) is 0 Å². The number of anilines is 1. The van der Waals surface area contributed by atoms with E-state index in [9.17, 15) is 9.90 Å². The van der Waals surface area contributed by atoms with Crippen molar-refractivity contribution in [2.75, 3.05) is 11.9 Å². The molecule has 0 bridgehead atoms. The zero-order valence-electron chi connectivity index (χ0n) is 11.1. The first kappa shape index (κ1) is 12.0. The Morgan fingerprint density at radius 2 is 2.32 bits per heavy atom. The van der Waals surface area contributed by atoms with Crippen LogP contribution in [0.1, 0.15) is 30.8 Å². The highest BCUT2D eigenvalue weighted by atomic mass is 16.4. The molecule has 0 saturated heterocycles. The van der Waals surface area contributed by atoms with Gasteiger partial charge in [-0.2, -0.15) is 0 Å². The van der Waals surface area contributed by atoms with Gasteiger partial charge in [0.05, 0.1) is 0 Å². The summed E-state index contributed by atoms with van der Waals surface area (Å²) in [6.07, 6.45) is 2.90. The highest BCUT2D eigenvalue weighted by molar-refractivity contribution is 5.92. The Bertz CT molecular complexity index is 645. The summed E-state index contributed by atoms with van der Waals surface area (Å²) < 4.78 is 1.60. The average Bonchev–Trinajstić information content (AvgIpc) is 2.82. The molecule has 3 rings (SSSR count). The van der Waals surface area contributed by atoms with Crippen LogP contribution in [0.5, 0.6) is 0 Å². The Morgan fingerprint density at radius 3 is 2.95 bits per heavy atom. The second-order valence-corrected chi connectivity index (χ2v) is 5.81. The predicted octanol–water partition coefficient (Wildman–Crippen LogP) is 2.49. The number of hydrogen-bond acceptors (Lipinski definition) is 3. The predicted molar refractivity (Wildman–Crippen MR) is 72.5 cm³/mol. The van der Waals surface area contributed by atoms with E-state index in [2.05, 4.69) is 24.1 Å². The van der Waals surface area contributed by atoms with Crippen LogP contribution < -0.4 is 5.32 Å². The number of imidazole rings is 1. The number of nitrogens with one attached hydrogen (secondary N) is 1. The maximum atomic E-state index is 11.4. The van der Waals surface area contributed by atoms with Crippen LogP contribution in [0.2, 0.25) is 0 Å².